The second-order valence-corrected chi connectivity index (χ2v) is 3.13. The summed E-state index contributed by atoms with van der Waals surface area (Å²) in [6, 6.07) is 0. The molecule has 10 heavy (non-hydrogen) atoms. The maximum absolute atomic E-state index is 5.28. The molecule has 0 aromatic carbocycles. The normalized spacial score (nSPS) is 30.9. The van der Waals surface area contributed by atoms with Gasteiger partial charge in [0.15, 0.2) is 0 Å². The lowest BCUT2D eigenvalue weighted by atomic mass is 10.1. The molecule has 1 aliphatic heterocycles. The van der Waals surface area contributed by atoms with Gasteiger partial charge in [0.05, 0.1) is 6.61 Å². The van der Waals surface area contributed by atoms with Crippen LogP contribution in [-0.2, 0) is 9.47 Å². The summed E-state index contributed by atoms with van der Waals surface area (Å²) in [5.41, 5.74) is 0.0693. The molecule has 1 saturated heterocycles. The van der Waals surface area contributed by atoms with Crippen molar-refractivity contribution in [1.29, 1.82) is 0 Å². The maximum Gasteiger partial charge on any atom is 0.216 e. The highest BCUT2D eigenvalue weighted by molar-refractivity contribution is 4.81. The maximum atomic E-state index is 5.28. The summed E-state index contributed by atoms with van der Waals surface area (Å²) in [5.74, 6) is 0. The number of hydrogen-bond acceptors (Lipinski definition) is 3. The van der Waals surface area contributed by atoms with Gasteiger partial charge in [0.25, 0.3) is 0 Å². The van der Waals surface area contributed by atoms with Crippen LogP contribution in [0.5, 0.6) is 0 Å². The number of hydrogen-bond donors (Lipinski definition) is 1. The summed E-state index contributed by atoms with van der Waals surface area (Å²) < 4.78 is 10.5. The van der Waals surface area contributed by atoms with Crippen LogP contribution in [-0.4, -0.2) is 25.2 Å². The monoisotopic (exact) mass is 145 g/mol. The third-order valence-electron chi connectivity index (χ3n) is 1.42. The Balaban J connectivity index is 2.29. The minimum absolute atomic E-state index is 0.0693. The molecule has 0 radical (unpaired) electrons. The van der Waals surface area contributed by atoms with Gasteiger partial charge in [0.1, 0.15) is 0 Å². The molecule has 60 valence electrons. The second kappa shape index (κ2) is 2.86. The zero-order valence-corrected chi connectivity index (χ0v) is 6.81. The molecule has 0 bridgehead atoms. The third-order valence-corrected chi connectivity index (χ3v) is 1.42. The average Bonchev–Trinajstić information content (AvgIpc) is 2.12. The Morgan fingerprint density at radius 1 is 1.70 bits per heavy atom. The average molecular weight is 145 g/mol. The summed E-state index contributed by atoms with van der Waals surface area (Å²) in [7, 11) is 0. The molecule has 0 aromatic rings. The molecule has 1 aliphatic rings. The fourth-order valence-corrected chi connectivity index (χ4v) is 0.928. The van der Waals surface area contributed by atoms with Crippen molar-refractivity contribution < 1.29 is 9.47 Å². The minimum atomic E-state index is -0.194. The van der Waals surface area contributed by atoms with Crippen LogP contribution in [0.2, 0.25) is 0 Å². The van der Waals surface area contributed by atoms with Gasteiger partial charge >= 0.3 is 0 Å². The van der Waals surface area contributed by atoms with Crippen LogP contribution in [0.4, 0.5) is 0 Å². The highest BCUT2D eigenvalue weighted by atomic mass is 16.7. The molecule has 0 aliphatic carbocycles. The molecule has 1 atom stereocenters. The highest BCUT2D eigenvalue weighted by Crippen LogP contribution is 2.13. The topological polar surface area (TPSA) is 30.5 Å². The van der Waals surface area contributed by atoms with Gasteiger partial charge in [-0.3, -0.25) is 5.32 Å². The Hall–Kier alpha value is -0.120. The van der Waals surface area contributed by atoms with E-state index in [4.69, 9.17) is 9.47 Å². The zero-order valence-electron chi connectivity index (χ0n) is 6.81. The van der Waals surface area contributed by atoms with Crippen molar-refractivity contribution in [1.82, 2.24) is 5.32 Å². The molecule has 0 saturated carbocycles. The van der Waals surface area contributed by atoms with Gasteiger partial charge in [-0.15, -0.1) is 0 Å². The second-order valence-electron chi connectivity index (χ2n) is 3.13. The van der Waals surface area contributed by atoms with Crippen LogP contribution < -0.4 is 5.32 Å². The van der Waals surface area contributed by atoms with E-state index in [1.54, 1.807) is 0 Å². The minimum Gasteiger partial charge on any atom is -0.340 e. The summed E-state index contributed by atoms with van der Waals surface area (Å²) in [6.45, 7) is 7.54. The van der Waals surface area contributed by atoms with Crippen molar-refractivity contribution in [3.8, 4) is 0 Å². The first kappa shape index (κ1) is 7.98. The summed E-state index contributed by atoms with van der Waals surface area (Å²) in [6.07, 6.45) is -0.194. The highest BCUT2D eigenvalue weighted by Gasteiger charge is 2.30. The summed E-state index contributed by atoms with van der Waals surface area (Å²) in [5, 5.41) is 3.19. The van der Waals surface area contributed by atoms with E-state index >= 15 is 0 Å². The summed E-state index contributed by atoms with van der Waals surface area (Å²) in [4.78, 5) is 0. The predicted octanol–water partition coefficient (Wildman–Crippen LogP) is 0.705. The van der Waals surface area contributed by atoms with E-state index in [0.717, 1.165) is 6.61 Å². The molecule has 1 fully saturated rings. The van der Waals surface area contributed by atoms with E-state index in [-0.39, 0.29) is 12.0 Å². The van der Waals surface area contributed by atoms with Gasteiger partial charge < -0.3 is 9.47 Å². The van der Waals surface area contributed by atoms with Gasteiger partial charge in [-0.25, -0.2) is 0 Å². The first-order valence-electron chi connectivity index (χ1n) is 3.65. The van der Waals surface area contributed by atoms with Crippen LogP contribution in [0, 0.1) is 0 Å². The van der Waals surface area contributed by atoms with E-state index in [1.165, 1.54) is 0 Å². The molecule has 0 unspecified atom stereocenters. The fourth-order valence-electron chi connectivity index (χ4n) is 0.928. The van der Waals surface area contributed by atoms with Crippen molar-refractivity contribution in [3.05, 3.63) is 0 Å². The standard InChI is InChI=1S/C7H15NO2/c1-4-9-6-8-7(2,3)5-10-6/h6,8H,4-5H2,1-3H3/t6-/m0/s1. The van der Waals surface area contributed by atoms with Crippen molar-refractivity contribution in [2.24, 2.45) is 0 Å². The molecule has 3 heteroatoms. The number of ether oxygens (including phenoxy) is 2. The molecule has 1 heterocycles. The van der Waals surface area contributed by atoms with E-state index < -0.39 is 0 Å². The van der Waals surface area contributed by atoms with E-state index in [1.807, 2.05) is 6.92 Å². The Morgan fingerprint density at radius 2 is 2.40 bits per heavy atom. The summed E-state index contributed by atoms with van der Waals surface area (Å²) >= 11 is 0. The Bertz CT molecular complexity index is 114. The molecule has 1 rings (SSSR count). The number of nitrogens with one attached hydrogen (secondary N) is 1. The predicted molar refractivity (Wildman–Crippen MR) is 38.6 cm³/mol. The molecular weight excluding hydrogens is 130 g/mol. The molecule has 0 spiro atoms. The molecule has 0 amide bonds. The van der Waals surface area contributed by atoms with Crippen LogP contribution in [0.1, 0.15) is 20.8 Å². The van der Waals surface area contributed by atoms with Gasteiger partial charge in [-0.1, -0.05) is 0 Å². The molecule has 0 aromatic heterocycles. The Kier molecular flexibility index (Phi) is 2.28. The lowest BCUT2D eigenvalue weighted by Crippen LogP contribution is -2.40. The molecule has 3 nitrogen and oxygen atoms in total. The first-order chi connectivity index (χ1) is 4.64. The van der Waals surface area contributed by atoms with Crippen molar-refractivity contribution in [2.75, 3.05) is 13.2 Å². The van der Waals surface area contributed by atoms with Crippen LogP contribution in [0.25, 0.3) is 0 Å². The van der Waals surface area contributed by atoms with Crippen molar-refractivity contribution >= 4 is 0 Å². The fraction of sp³-hybridized carbons (Fsp3) is 1.00. The van der Waals surface area contributed by atoms with Crippen molar-refractivity contribution in [3.63, 3.8) is 0 Å². The first-order valence-corrected chi connectivity index (χ1v) is 3.65. The zero-order chi connectivity index (χ0) is 7.61. The largest absolute Gasteiger partial charge is 0.340 e. The quantitative estimate of drug-likeness (QED) is 0.620. The Morgan fingerprint density at radius 3 is 2.80 bits per heavy atom. The molecular formula is C7H15NO2. The third kappa shape index (κ3) is 1.94. The van der Waals surface area contributed by atoms with Crippen molar-refractivity contribution in [2.45, 2.75) is 32.7 Å². The Labute approximate surface area is 61.7 Å². The van der Waals surface area contributed by atoms with Gasteiger partial charge in [-0.2, -0.15) is 0 Å². The van der Waals surface area contributed by atoms with E-state index in [0.29, 0.717) is 6.61 Å². The molecule has 1 N–H and O–H groups in total. The lowest BCUT2D eigenvalue weighted by Gasteiger charge is -2.16. The van der Waals surface area contributed by atoms with Gasteiger partial charge in [0, 0.05) is 12.1 Å². The SMILES string of the molecule is CCO[C@@H]1NC(C)(C)CO1. The lowest BCUT2D eigenvalue weighted by molar-refractivity contribution is -0.118. The number of rotatable bonds is 2. The van der Waals surface area contributed by atoms with Crippen LogP contribution >= 0.6 is 0 Å². The van der Waals surface area contributed by atoms with Gasteiger partial charge in [-0.05, 0) is 20.8 Å². The van der Waals surface area contributed by atoms with E-state index in [9.17, 15) is 0 Å². The van der Waals surface area contributed by atoms with Gasteiger partial charge in [0.2, 0.25) is 6.41 Å². The van der Waals surface area contributed by atoms with Crippen LogP contribution in [0.3, 0.4) is 0 Å². The smallest absolute Gasteiger partial charge is 0.216 e. The van der Waals surface area contributed by atoms with E-state index in [2.05, 4.69) is 19.2 Å². The van der Waals surface area contributed by atoms with Crippen LogP contribution in [0.15, 0.2) is 0 Å².